The Labute approximate surface area is 72.8 Å². The van der Waals surface area contributed by atoms with E-state index < -0.39 is 0 Å². The molecule has 8 nitrogen and oxygen atoms in total. The molecule has 13 heavy (non-hydrogen) atoms. The Morgan fingerprint density at radius 2 is 1.77 bits per heavy atom. The molecular formula is C5H11N5O3. The third kappa shape index (κ3) is 2.08. The number of aromatic nitrogens is 4. The number of anilines is 1. The number of rotatable bonds is 0. The normalized spacial score (nSPS) is 8.00. The molecule has 0 fully saturated rings. The van der Waals surface area contributed by atoms with Crippen LogP contribution in [0.4, 0.5) is 5.82 Å². The van der Waals surface area contributed by atoms with Crippen LogP contribution in [-0.4, -0.2) is 36.4 Å². The van der Waals surface area contributed by atoms with Crippen LogP contribution >= 0.6 is 0 Å². The predicted octanol–water partition coefficient (Wildman–Crippen LogP) is -2.54. The Bertz CT molecular complexity index is 362. The van der Waals surface area contributed by atoms with Gasteiger partial charge < -0.3 is 27.1 Å². The van der Waals surface area contributed by atoms with Crippen LogP contribution in [0.25, 0.3) is 11.2 Å². The highest BCUT2D eigenvalue weighted by Crippen LogP contribution is 2.09. The Morgan fingerprint density at radius 3 is 2.38 bits per heavy atom. The number of fused-ring (bicyclic) bond motifs is 1. The lowest BCUT2D eigenvalue weighted by atomic mass is 10.5. The van der Waals surface area contributed by atoms with Gasteiger partial charge in [0.15, 0.2) is 11.5 Å². The Balaban J connectivity index is 0. The predicted molar refractivity (Wildman–Crippen MR) is 46.9 cm³/mol. The molecular weight excluding hydrogens is 178 g/mol. The van der Waals surface area contributed by atoms with Gasteiger partial charge in [-0.2, -0.15) is 0 Å². The second-order valence-electron chi connectivity index (χ2n) is 1.86. The highest BCUT2D eigenvalue weighted by atomic mass is 16.0. The van der Waals surface area contributed by atoms with Crippen LogP contribution in [-0.2, 0) is 0 Å². The lowest BCUT2D eigenvalue weighted by Gasteiger charge is -1.89. The summed E-state index contributed by atoms with van der Waals surface area (Å²) < 4.78 is 0. The molecule has 0 atom stereocenters. The van der Waals surface area contributed by atoms with Crippen LogP contribution in [0, 0.1) is 0 Å². The number of nitrogens with one attached hydrogen (secondary N) is 1. The van der Waals surface area contributed by atoms with Crippen LogP contribution < -0.4 is 5.73 Å². The van der Waals surface area contributed by atoms with Crippen molar-refractivity contribution in [2.24, 2.45) is 0 Å². The summed E-state index contributed by atoms with van der Waals surface area (Å²) in [6.07, 6.45) is 2.92. The van der Waals surface area contributed by atoms with Crippen molar-refractivity contribution in [1.29, 1.82) is 0 Å². The molecule has 9 N–H and O–H groups in total. The quantitative estimate of drug-likeness (QED) is 0.464. The van der Waals surface area contributed by atoms with Crippen molar-refractivity contribution in [1.82, 2.24) is 19.9 Å². The average molecular weight is 189 g/mol. The van der Waals surface area contributed by atoms with E-state index in [0.717, 1.165) is 0 Å². The minimum absolute atomic E-state index is 0. The lowest BCUT2D eigenvalue weighted by molar-refractivity contribution is 0.823. The smallest absolute Gasteiger partial charge is 0.182 e. The molecule has 0 radical (unpaired) electrons. The zero-order valence-corrected chi connectivity index (χ0v) is 6.57. The van der Waals surface area contributed by atoms with Gasteiger partial charge in [0.2, 0.25) is 0 Å². The fourth-order valence-corrected chi connectivity index (χ4v) is 0.784. The summed E-state index contributed by atoms with van der Waals surface area (Å²) in [4.78, 5) is 14.4. The third-order valence-electron chi connectivity index (χ3n) is 1.25. The summed E-state index contributed by atoms with van der Waals surface area (Å²) in [5, 5.41) is 0. The van der Waals surface area contributed by atoms with Gasteiger partial charge in [-0.3, -0.25) is 0 Å². The summed E-state index contributed by atoms with van der Waals surface area (Å²) in [6.45, 7) is 0. The second kappa shape index (κ2) is 4.98. The number of nitrogens with two attached hydrogens (primary N) is 1. The molecule has 0 spiro atoms. The van der Waals surface area contributed by atoms with Crippen molar-refractivity contribution in [2.45, 2.75) is 0 Å². The van der Waals surface area contributed by atoms with Gasteiger partial charge in [0.1, 0.15) is 11.8 Å². The first-order valence-corrected chi connectivity index (χ1v) is 2.77. The van der Waals surface area contributed by atoms with Crippen LogP contribution in [0.5, 0.6) is 0 Å². The largest absolute Gasteiger partial charge is 0.412 e. The van der Waals surface area contributed by atoms with Crippen LogP contribution in [0.15, 0.2) is 12.7 Å². The van der Waals surface area contributed by atoms with E-state index in [2.05, 4.69) is 19.9 Å². The molecule has 8 heteroatoms. The van der Waals surface area contributed by atoms with Gasteiger partial charge in [0.25, 0.3) is 0 Å². The summed E-state index contributed by atoms with van der Waals surface area (Å²) in [5.41, 5.74) is 6.78. The van der Waals surface area contributed by atoms with Gasteiger partial charge in [-0.1, -0.05) is 0 Å². The van der Waals surface area contributed by atoms with E-state index >= 15 is 0 Å². The second-order valence-corrected chi connectivity index (χ2v) is 1.86. The number of H-pyrrole nitrogens is 1. The number of imidazole rings is 1. The van der Waals surface area contributed by atoms with E-state index in [0.29, 0.717) is 17.0 Å². The standard InChI is InChI=1S/C5H5N5.3H2O/c6-4-3-5(9-1-7-3)10-2-8-4;;;/h1-2H,(H3,6,7,8,9,10);3*1H2. The van der Waals surface area contributed by atoms with E-state index in [1.807, 2.05) is 0 Å². The zero-order valence-electron chi connectivity index (χ0n) is 6.57. The molecule has 0 unspecified atom stereocenters. The number of nitrogen functional groups attached to an aromatic ring is 1. The van der Waals surface area contributed by atoms with E-state index in [1.54, 1.807) is 0 Å². The fraction of sp³-hybridized carbons (Fsp3) is 0. The molecule has 0 aliphatic heterocycles. The highest BCUT2D eigenvalue weighted by Gasteiger charge is 1.99. The highest BCUT2D eigenvalue weighted by molar-refractivity contribution is 5.80. The van der Waals surface area contributed by atoms with E-state index in [-0.39, 0.29) is 16.4 Å². The maximum atomic E-state index is 5.48. The zero-order chi connectivity index (χ0) is 6.97. The van der Waals surface area contributed by atoms with Gasteiger partial charge in [-0.15, -0.1) is 0 Å². The van der Waals surface area contributed by atoms with Gasteiger partial charge in [0.05, 0.1) is 6.33 Å². The SMILES string of the molecule is Nc1ncnc2nc[nH]c12.O.O.O. The number of hydrogen-bond donors (Lipinski definition) is 2. The fourth-order valence-electron chi connectivity index (χ4n) is 0.784. The van der Waals surface area contributed by atoms with Crippen LogP contribution in [0.3, 0.4) is 0 Å². The van der Waals surface area contributed by atoms with Crippen molar-refractivity contribution < 1.29 is 16.4 Å². The van der Waals surface area contributed by atoms with Gasteiger partial charge in [0, 0.05) is 0 Å². The maximum Gasteiger partial charge on any atom is 0.182 e. The summed E-state index contributed by atoms with van der Waals surface area (Å²) in [6, 6.07) is 0. The molecule has 2 aromatic rings. The molecule has 2 rings (SSSR count). The van der Waals surface area contributed by atoms with E-state index in [9.17, 15) is 0 Å². The first-order chi connectivity index (χ1) is 4.88. The molecule has 74 valence electrons. The van der Waals surface area contributed by atoms with Gasteiger partial charge >= 0.3 is 0 Å². The molecule has 0 amide bonds. The van der Waals surface area contributed by atoms with Crippen molar-refractivity contribution >= 4 is 17.0 Å². The Morgan fingerprint density at radius 1 is 1.08 bits per heavy atom. The van der Waals surface area contributed by atoms with Gasteiger partial charge in [-0.05, 0) is 0 Å². The Kier molecular flexibility index (Phi) is 5.28. The van der Waals surface area contributed by atoms with Crippen molar-refractivity contribution in [2.75, 3.05) is 5.73 Å². The first kappa shape index (κ1) is 13.8. The van der Waals surface area contributed by atoms with Crippen molar-refractivity contribution in [3.05, 3.63) is 12.7 Å². The number of nitrogens with zero attached hydrogens (tertiary/aromatic N) is 3. The summed E-state index contributed by atoms with van der Waals surface area (Å²) in [7, 11) is 0. The van der Waals surface area contributed by atoms with Crippen molar-refractivity contribution in [3.63, 3.8) is 0 Å². The topological polar surface area (TPSA) is 175 Å². The molecule has 0 bridgehead atoms. The average Bonchev–Trinajstić information content (AvgIpc) is 2.36. The number of hydrogen-bond acceptors (Lipinski definition) is 4. The monoisotopic (exact) mass is 189 g/mol. The molecule has 0 saturated heterocycles. The molecule has 0 aromatic carbocycles. The third-order valence-corrected chi connectivity index (χ3v) is 1.25. The summed E-state index contributed by atoms with van der Waals surface area (Å²) in [5.74, 6) is 0.433. The van der Waals surface area contributed by atoms with Crippen molar-refractivity contribution in [3.8, 4) is 0 Å². The first-order valence-electron chi connectivity index (χ1n) is 2.77. The summed E-state index contributed by atoms with van der Waals surface area (Å²) >= 11 is 0. The maximum absolute atomic E-state index is 5.48. The molecule has 0 aliphatic carbocycles. The van der Waals surface area contributed by atoms with E-state index in [1.165, 1.54) is 12.7 Å². The minimum atomic E-state index is 0. The molecule has 0 saturated carbocycles. The molecule has 2 heterocycles. The van der Waals surface area contributed by atoms with E-state index in [4.69, 9.17) is 5.73 Å². The molecule has 2 aromatic heterocycles. The van der Waals surface area contributed by atoms with Gasteiger partial charge in [-0.25, -0.2) is 15.0 Å². The molecule has 0 aliphatic rings. The minimum Gasteiger partial charge on any atom is -0.412 e. The Hall–Kier alpha value is -1.77. The van der Waals surface area contributed by atoms with Crippen LogP contribution in [0.1, 0.15) is 0 Å². The van der Waals surface area contributed by atoms with Crippen LogP contribution in [0.2, 0.25) is 0 Å². The lowest BCUT2D eigenvalue weighted by Crippen LogP contribution is -1.91. The number of aromatic amines is 1.